The summed E-state index contributed by atoms with van der Waals surface area (Å²) in [7, 11) is -4.03. The summed E-state index contributed by atoms with van der Waals surface area (Å²) < 4.78 is 79.9. The number of nitrogens with zero attached hydrogens (tertiary/aromatic N) is 4. The second kappa shape index (κ2) is 9.71. The monoisotopic (exact) mass is 521 g/mol. The van der Waals surface area contributed by atoms with Crippen molar-refractivity contribution in [2.24, 2.45) is 0 Å². The Bertz CT molecular complexity index is 1410. The molecule has 0 saturated carbocycles. The maximum absolute atomic E-state index is 13.2. The SMILES string of the molecule is N#Cc1nn(-c2ccc(C(F)(F)F)cc2)cc1CNC(=O)C1CCCN1S(=O)(=O)c1ccc(F)cc1. The Morgan fingerprint density at radius 2 is 1.81 bits per heavy atom. The van der Waals surface area contributed by atoms with Gasteiger partial charge in [0.25, 0.3) is 0 Å². The maximum atomic E-state index is 13.2. The van der Waals surface area contributed by atoms with E-state index in [2.05, 4.69) is 10.4 Å². The summed E-state index contributed by atoms with van der Waals surface area (Å²) in [5.41, 5.74) is -0.290. The molecule has 0 spiro atoms. The zero-order valence-electron chi connectivity index (χ0n) is 18.5. The minimum atomic E-state index is -4.49. The molecule has 1 aliphatic heterocycles. The lowest BCUT2D eigenvalue weighted by molar-refractivity contribution is -0.137. The summed E-state index contributed by atoms with van der Waals surface area (Å²) in [4.78, 5) is 12.7. The number of sulfonamides is 1. The fraction of sp³-hybridized carbons (Fsp3) is 0.261. The molecular formula is C23H19F4N5O3S. The molecule has 1 saturated heterocycles. The number of benzene rings is 2. The predicted octanol–water partition coefficient (Wildman–Crippen LogP) is 3.37. The van der Waals surface area contributed by atoms with Gasteiger partial charge in [-0.1, -0.05) is 0 Å². The average molecular weight is 521 g/mol. The number of nitriles is 1. The molecule has 13 heteroatoms. The summed E-state index contributed by atoms with van der Waals surface area (Å²) in [6, 6.07) is 9.38. The summed E-state index contributed by atoms with van der Waals surface area (Å²) in [5, 5.41) is 16.1. The van der Waals surface area contributed by atoms with Crippen molar-refractivity contribution in [2.75, 3.05) is 6.54 Å². The van der Waals surface area contributed by atoms with Crippen molar-refractivity contribution in [2.45, 2.75) is 36.5 Å². The van der Waals surface area contributed by atoms with E-state index in [0.29, 0.717) is 12.0 Å². The lowest BCUT2D eigenvalue weighted by Gasteiger charge is -2.23. The first-order valence-electron chi connectivity index (χ1n) is 10.7. The van der Waals surface area contributed by atoms with Gasteiger partial charge in [0.2, 0.25) is 15.9 Å². The Hall–Kier alpha value is -3.76. The molecule has 36 heavy (non-hydrogen) atoms. The van der Waals surface area contributed by atoms with Crippen LogP contribution in [0, 0.1) is 17.1 Å². The van der Waals surface area contributed by atoms with Gasteiger partial charge >= 0.3 is 6.18 Å². The highest BCUT2D eigenvalue weighted by Gasteiger charge is 2.39. The van der Waals surface area contributed by atoms with E-state index in [9.17, 15) is 36.0 Å². The molecular weight excluding hydrogens is 502 g/mol. The van der Waals surface area contributed by atoms with Crippen molar-refractivity contribution >= 4 is 15.9 Å². The molecule has 2 heterocycles. The molecule has 3 aromatic rings. The largest absolute Gasteiger partial charge is 0.416 e. The molecule has 0 bridgehead atoms. The Labute approximate surface area is 203 Å². The second-order valence-corrected chi connectivity index (χ2v) is 9.94. The third-order valence-electron chi connectivity index (χ3n) is 5.73. The van der Waals surface area contributed by atoms with E-state index in [1.54, 1.807) is 0 Å². The molecule has 1 aromatic heterocycles. The van der Waals surface area contributed by atoms with Crippen molar-refractivity contribution < 1.29 is 30.8 Å². The van der Waals surface area contributed by atoms with Crippen molar-refractivity contribution in [3.63, 3.8) is 0 Å². The Morgan fingerprint density at radius 1 is 1.14 bits per heavy atom. The number of carbonyl (C=O) groups excluding carboxylic acids is 1. The first-order chi connectivity index (χ1) is 17.0. The first-order valence-corrected chi connectivity index (χ1v) is 12.2. The maximum Gasteiger partial charge on any atom is 0.416 e. The van der Waals surface area contributed by atoms with Crippen LogP contribution in [0.15, 0.2) is 59.6 Å². The van der Waals surface area contributed by atoms with Gasteiger partial charge < -0.3 is 5.32 Å². The normalized spacial score (nSPS) is 16.6. The van der Waals surface area contributed by atoms with Gasteiger partial charge in [0.1, 0.15) is 17.9 Å². The zero-order valence-corrected chi connectivity index (χ0v) is 19.4. The molecule has 1 atom stereocenters. The topological polar surface area (TPSA) is 108 Å². The molecule has 0 radical (unpaired) electrons. The number of amides is 1. The van der Waals surface area contributed by atoms with E-state index >= 15 is 0 Å². The number of rotatable bonds is 6. The van der Waals surface area contributed by atoms with Gasteiger partial charge in [0.05, 0.1) is 16.1 Å². The van der Waals surface area contributed by atoms with Gasteiger partial charge in [0, 0.05) is 24.8 Å². The van der Waals surface area contributed by atoms with E-state index < -0.39 is 39.5 Å². The minimum absolute atomic E-state index is 0.0441. The quantitative estimate of drug-likeness (QED) is 0.501. The molecule has 1 aliphatic rings. The van der Waals surface area contributed by atoms with E-state index in [0.717, 1.165) is 40.7 Å². The molecule has 1 unspecified atom stereocenters. The van der Waals surface area contributed by atoms with E-state index in [-0.39, 0.29) is 35.8 Å². The number of hydrogen-bond acceptors (Lipinski definition) is 5. The lowest BCUT2D eigenvalue weighted by atomic mass is 10.2. The fourth-order valence-corrected chi connectivity index (χ4v) is 5.56. The molecule has 2 aromatic carbocycles. The standard InChI is InChI=1S/C23H19F4N5O3S/c24-17-5-9-19(10-6-17)36(34,35)32-11-1-2-21(32)22(33)29-13-15-14-31(30-20(15)12-28)18-7-3-16(4-8-18)23(25,26)27/h3-10,14,21H,1-2,11,13H2,(H,29,33). The van der Waals surface area contributed by atoms with Crippen molar-refractivity contribution in [1.82, 2.24) is 19.4 Å². The van der Waals surface area contributed by atoms with Crippen molar-refractivity contribution in [3.8, 4) is 11.8 Å². The minimum Gasteiger partial charge on any atom is -0.350 e. The zero-order chi connectivity index (χ0) is 26.1. The van der Waals surface area contributed by atoms with Crippen LogP contribution in [0.2, 0.25) is 0 Å². The number of carbonyl (C=O) groups is 1. The van der Waals surface area contributed by atoms with Gasteiger partial charge in [-0.05, 0) is 61.4 Å². The van der Waals surface area contributed by atoms with Crippen LogP contribution in [-0.2, 0) is 27.5 Å². The molecule has 1 amide bonds. The highest BCUT2D eigenvalue weighted by Crippen LogP contribution is 2.30. The van der Waals surface area contributed by atoms with Crippen LogP contribution in [0.4, 0.5) is 17.6 Å². The molecule has 8 nitrogen and oxygen atoms in total. The smallest absolute Gasteiger partial charge is 0.350 e. The number of aromatic nitrogens is 2. The van der Waals surface area contributed by atoms with Crippen LogP contribution < -0.4 is 5.32 Å². The van der Waals surface area contributed by atoms with E-state index in [1.165, 1.54) is 23.0 Å². The van der Waals surface area contributed by atoms with Crippen LogP contribution in [-0.4, -0.2) is 41.0 Å². The molecule has 4 rings (SSSR count). The molecule has 1 N–H and O–H groups in total. The third-order valence-corrected chi connectivity index (χ3v) is 7.66. The van der Waals surface area contributed by atoms with Crippen LogP contribution in [0.5, 0.6) is 0 Å². The summed E-state index contributed by atoms with van der Waals surface area (Å²) in [6.45, 7) is -0.0314. The average Bonchev–Trinajstić information content (AvgIpc) is 3.50. The van der Waals surface area contributed by atoms with E-state index in [4.69, 9.17) is 0 Å². The molecule has 188 valence electrons. The number of alkyl halides is 3. The van der Waals surface area contributed by atoms with Crippen LogP contribution in [0.25, 0.3) is 5.69 Å². The fourth-order valence-electron chi connectivity index (χ4n) is 3.90. The van der Waals surface area contributed by atoms with Crippen molar-refractivity contribution in [1.29, 1.82) is 5.26 Å². The Morgan fingerprint density at radius 3 is 2.42 bits per heavy atom. The predicted molar refractivity (Wildman–Crippen MR) is 118 cm³/mol. The summed E-state index contributed by atoms with van der Waals surface area (Å²) in [5.74, 6) is -1.17. The van der Waals surface area contributed by atoms with Crippen LogP contribution in [0.1, 0.15) is 29.7 Å². The molecule has 0 aliphatic carbocycles. The summed E-state index contributed by atoms with van der Waals surface area (Å²) in [6.07, 6.45) is -2.35. The van der Waals surface area contributed by atoms with Crippen molar-refractivity contribution in [3.05, 3.63) is 77.4 Å². The van der Waals surface area contributed by atoms with Gasteiger partial charge in [-0.3, -0.25) is 4.79 Å². The Balaban J connectivity index is 1.48. The van der Waals surface area contributed by atoms with Crippen LogP contribution >= 0.6 is 0 Å². The number of halogens is 4. The highest BCUT2D eigenvalue weighted by atomic mass is 32.2. The van der Waals surface area contributed by atoms with Gasteiger partial charge in [-0.15, -0.1) is 0 Å². The first kappa shape index (κ1) is 25.3. The second-order valence-electron chi connectivity index (χ2n) is 8.05. The third kappa shape index (κ3) is 5.09. The van der Waals surface area contributed by atoms with Gasteiger partial charge in [-0.25, -0.2) is 17.5 Å². The highest BCUT2D eigenvalue weighted by molar-refractivity contribution is 7.89. The number of nitrogens with one attached hydrogen (secondary N) is 1. The lowest BCUT2D eigenvalue weighted by Crippen LogP contribution is -2.45. The number of hydrogen-bond donors (Lipinski definition) is 1. The molecule has 1 fully saturated rings. The van der Waals surface area contributed by atoms with Crippen LogP contribution in [0.3, 0.4) is 0 Å². The summed E-state index contributed by atoms with van der Waals surface area (Å²) >= 11 is 0. The Kier molecular flexibility index (Phi) is 6.83. The van der Waals surface area contributed by atoms with Gasteiger partial charge in [0.15, 0.2) is 5.69 Å². The van der Waals surface area contributed by atoms with Gasteiger partial charge in [-0.2, -0.15) is 27.8 Å². The van der Waals surface area contributed by atoms with E-state index in [1.807, 2.05) is 6.07 Å².